The molecule has 0 aliphatic carbocycles. The van der Waals surface area contributed by atoms with Crippen molar-refractivity contribution in [3.63, 3.8) is 0 Å². The number of rotatable bonds is 3. The SMILES string of the molecule is Cc1nnnn1-c1cc(NC(=O)C2CCN(C(=O)N3CCCC3)CC2)ccc1F. The van der Waals surface area contributed by atoms with Gasteiger partial charge in [-0.3, -0.25) is 4.79 Å². The zero-order valence-electron chi connectivity index (χ0n) is 16.3. The number of carbonyl (C=O) groups is 2. The molecule has 9 nitrogen and oxygen atoms in total. The second-order valence-corrected chi connectivity index (χ2v) is 7.53. The molecular formula is C19H24FN7O2. The fraction of sp³-hybridized carbons (Fsp3) is 0.526. The average Bonchev–Trinajstić information content (AvgIpc) is 3.41. The molecule has 1 aromatic carbocycles. The van der Waals surface area contributed by atoms with E-state index in [2.05, 4.69) is 20.8 Å². The van der Waals surface area contributed by atoms with E-state index >= 15 is 0 Å². The van der Waals surface area contributed by atoms with Crippen LogP contribution < -0.4 is 5.32 Å². The average molecular weight is 401 g/mol. The second kappa shape index (κ2) is 8.14. The van der Waals surface area contributed by atoms with E-state index in [4.69, 9.17) is 0 Å². The smallest absolute Gasteiger partial charge is 0.319 e. The third-order valence-electron chi connectivity index (χ3n) is 5.58. The predicted octanol–water partition coefficient (Wildman–Crippen LogP) is 1.98. The van der Waals surface area contributed by atoms with Crippen LogP contribution in [-0.4, -0.2) is 68.1 Å². The molecule has 0 unspecified atom stereocenters. The summed E-state index contributed by atoms with van der Waals surface area (Å²) in [7, 11) is 0. The highest BCUT2D eigenvalue weighted by atomic mass is 19.1. The van der Waals surface area contributed by atoms with Crippen LogP contribution in [0.3, 0.4) is 0 Å². The highest BCUT2D eigenvalue weighted by Crippen LogP contribution is 2.23. The molecule has 1 aromatic heterocycles. The first-order chi connectivity index (χ1) is 14.0. The minimum absolute atomic E-state index is 0.0846. The van der Waals surface area contributed by atoms with E-state index in [1.165, 1.54) is 22.9 Å². The second-order valence-electron chi connectivity index (χ2n) is 7.53. The topological polar surface area (TPSA) is 96.2 Å². The Balaban J connectivity index is 1.37. The van der Waals surface area contributed by atoms with Crippen LogP contribution in [0.25, 0.3) is 5.69 Å². The zero-order chi connectivity index (χ0) is 20.4. The number of hydrogen-bond donors (Lipinski definition) is 1. The van der Waals surface area contributed by atoms with Crippen molar-refractivity contribution in [2.24, 2.45) is 5.92 Å². The Morgan fingerprint density at radius 1 is 1.10 bits per heavy atom. The highest BCUT2D eigenvalue weighted by Gasteiger charge is 2.30. The van der Waals surface area contributed by atoms with Gasteiger partial charge in [-0.05, 0) is 61.2 Å². The van der Waals surface area contributed by atoms with E-state index in [-0.39, 0.29) is 23.5 Å². The summed E-state index contributed by atoms with van der Waals surface area (Å²) < 4.78 is 15.5. The molecule has 0 bridgehead atoms. The number of nitrogens with one attached hydrogen (secondary N) is 1. The van der Waals surface area contributed by atoms with E-state index in [1.807, 2.05) is 9.80 Å². The number of tetrazole rings is 1. The molecule has 154 valence electrons. The third kappa shape index (κ3) is 4.06. The maximum atomic E-state index is 14.2. The van der Waals surface area contributed by atoms with Gasteiger partial charge in [-0.25, -0.2) is 9.18 Å². The predicted molar refractivity (Wildman–Crippen MR) is 103 cm³/mol. The Morgan fingerprint density at radius 2 is 1.79 bits per heavy atom. The molecule has 2 fully saturated rings. The minimum Gasteiger partial charge on any atom is -0.326 e. The highest BCUT2D eigenvalue weighted by molar-refractivity contribution is 5.93. The van der Waals surface area contributed by atoms with Gasteiger partial charge in [-0.15, -0.1) is 5.10 Å². The summed E-state index contributed by atoms with van der Waals surface area (Å²) in [5.74, 6) is -0.334. The molecule has 0 saturated carbocycles. The molecule has 2 aliphatic heterocycles. The molecule has 0 spiro atoms. The lowest BCUT2D eigenvalue weighted by Crippen LogP contribution is -2.47. The zero-order valence-corrected chi connectivity index (χ0v) is 16.3. The van der Waals surface area contributed by atoms with Crippen molar-refractivity contribution in [2.45, 2.75) is 32.6 Å². The van der Waals surface area contributed by atoms with Crippen molar-refractivity contribution in [3.05, 3.63) is 29.8 Å². The van der Waals surface area contributed by atoms with Crippen LogP contribution >= 0.6 is 0 Å². The number of carbonyl (C=O) groups excluding carboxylic acids is 2. The molecule has 2 aromatic rings. The van der Waals surface area contributed by atoms with Gasteiger partial charge in [0.15, 0.2) is 5.82 Å². The normalized spacial score (nSPS) is 17.6. The van der Waals surface area contributed by atoms with Gasteiger partial charge >= 0.3 is 6.03 Å². The van der Waals surface area contributed by atoms with Gasteiger partial charge in [0, 0.05) is 37.8 Å². The van der Waals surface area contributed by atoms with Crippen LogP contribution in [0.5, 0.6) is 0 Å². The fourth-order valence-electron chi connectivity index (χ4n) is 3.89. The monoisotopic (exact) mass is 401 g/mol. The van der Waals surface area contributed by atoms with Crippen molar-refractivity contribution in [3.8, 4) is 5.69 Å². The first kappa shape index (κ1) is 19.3. The first-order valence-corrected chi connectivity index (χ1v) is 9.92. The number of piperidine rings is 1. The van der Waals surface area contributed by atoms with Gasteiger partial charge < -0.3 is 15.1 Å². The summed E-state index contributed by atoms with van der Waals surface area (Å²) in [6.45, 7) is 4.47. The number of hydrogen-bond acceptors (Lipinski definition) is 5. The van der Waals surface area contributed by atoms with E-state index in [1.54, 1.807) is 6.92 Å². The Hall–Kier alpha value is -3.04. The number of nitrogens with zero attached hydrogens (tertiary/aromatic N) is 6. The standard InChI is InChI=1S/C19H24FN7O2/c1-13-22-23-24-27(13)17-12-15(4-5-16(17)20)21-18(28)14-6-10-26(11-7-14)19(29)25-8-2-3-9-25/h4-5,12,14H,2-3,6-11H2,1H3,(H,21,28). The van der Waals surface area contributed by atoms with E-state index < -0.39 is 5.82 Å². The molecule has 0 radical (unpaired) electrons. The molecule has 3 heterocycles. The summed E-state index contributed by atoms with van der Waals surface area (Å²) in [6, 6.07) is 4.40. The van der Waals surface area contributed by atoms with Crippen LogP contribution in [0.15, 0.2) is 18.2 Å². The molecule has 3 amide bonds. The van der Waals surface area contributed by atoms with E-state index in [0.29, 0.717) is 37.4 Å². The fourth-order valence-corrected chi connectivity index (χ4v) is 3.89. The quantitative estimate of drug-likeness (QED) is 0.848. The maximum Gasteiger partial charge on any atom is 0.319 e. The number of aryl methyl sites for hydroxylation is 1. The summed E-state index contributed by atoms with van der Waals surface area (Å²) >= 11 is 0. The summed E-state index contributed by atoms with van der Waals surface area (Å²) in [5, 5.41) is 13.9. The van der Waals surface area contributed by atoms with Gasteiger partial charge in [-0.2, -0.15) is 4.68 Å². The Kier molecular flexibility index (Phi) is 5.41. The number of benzene rings is 1. The molecule has 2 saturated heterocycles. The van der Waals surface area contributed by atoms with Crippen molar-refractivity contribution in [1.29, 1.82) is 0 Å². The largest absolute Gasteiger partial charge is 0.326 e. The van der Waals surface area contributed by atoms with Crippen LogP contribution in [0.1, 0.15) is 31.5 Å². The Bertz CT molecular complexity index is 902. The van der Waals surface area contributed by atoms with Gasteiger partial charge in [0.2, 0.25) is 5.91 Å². The van der Waals surface area contributed by atoms with Crippen LogP contribution in [-0.2, 0) is 4.79 Å². The number of anilines is 1. The number of halogens is 1. The van der Waals surface area contributed by atoms with Crippen molar-refractivity contribution < 1.29 is 14.0 Å². The number of likely N-dealkylation sites (tertiary alicyclic amines) is 2. The van der Waals surface area contributed by atoms with Gasteiger partial charge in [0.05, 0.1) is 0 Å². The first-order valence-electron chi connectivity index (χ1n) is 9.92. The number of aromatic nitrogens is 4. The Morgan fingerprint density at radius 3 is 2.45 bits per heavy atom. The van der Waals surface area contributed by atoms with Crippen molar-refractivity contribution in [1.82, 2.24) is 30.0 Å². The van der Waals surface area contributed by atoms with Crippen LogP contribution in [0.4, 0.5) is 14.9 Å². The van der Waals surface area contributed by atoms with Crippen LogP contribution in [0.2, 0.25) is 0 Å². The molecule has 0 atom stereocenters. The summed E-state index contributed by atoms with van der Waals surface area (Å²) in [5.41, 5.74) is 0.660. The molecule has 10 heteroatoms. The van der Waals surface area contributed by atoms with Crippen molar-refractivity contribution in [2.75, 3.05) is 31.5 Å². The van der Waals surface area contributed by atoms with Crippen molar-refractivity contribution >= 4 is 17.6 Å². The number of amides is 3. The lowest BCUT2D eigenvalue weighted by atomic mass is 9.96. The number of urea groups is 1. The third-order valence-corrected chi connectivity index (χ3v) is 5.58. The summed E-state index contributed by atoms with van der Waals surface area (Å²) in [4.78, 5) is 28.9. The Labute approximate surface area is 167 Å². The lowest BCUT2D eigenvalue weighted by Gasteiger charge is -2.34. The van der Waals surface area contributed by atoms with Gasteiger partial charge in [-0.1, -0.05) is 0 Å². The molecule has 29 heavy (non-hydrogen) atoms. The molecule has 2 aliphatic rings. The minimum atomic E-state index is -0.480. The van der Waals surface area contributed by atoms with Gasteiger partial charge in [0.25, 0.3) is 0 Å². The maximum absolute atomic E-state index is 14.2. The van der Waals surface area contributed by atoms with Crippen LogP contribution in [0, 0.1) is 18.7 Å². The van der Waals surface area contributed by atoms with E-state index in [9.17, 15) is 14.0 Å². The molecular weight excluding hydrogens is 377 g/mol. The lowest BCUT2D eigenvalue weighted by molar-refractivity contribution is -0.121. The molecule has 1 N–H and O–H groups in total. The molecule has 4 rings (SSSR count). The van der Waals surface area contributed by atoms with E-state index in [0.717, 1.165) is 25.9 Å². The van der Waals surface area contributed by atoms with Gasteiger partial charge in [0.1, 0.15) is 11.5 Å². The summed E-state index contributed by atoms with van der Waals surface area (Å²) in [6.07, 6.45) is 3.36.